The molecule has 0 unspecified atom stereocenters. The van der Waals surface area contributed by atoms with Crippen molar-refractivity contribution in [1.29, 1.82) is 0 Å². The quantitative estimate of drug-likeness (QED) is 0.781. The highest BCUT2D eigenvalue weighted by atomic mass is 32.2. The molecule has 0 aromatic heterocycles. The minimum absolute atomic E-state index is 0.196. The second-order valence-electron chi connectivity index (χ2n) is 5.04. The Kier molecular flexibility index (Phi) is 5.58. The first-order valence-corrected chi connectivity index (χ1v) is 8.09. The van der Waals surface area contributed by atoms with Crippen LogP contribution in [0, 0.1) is 5.82 Å². The van der Waals surface area contributed by atoms with Gasteiger partial charge in [-0.2, -0.15) is 13.2 Å². The third-order valence-electron chi connectivity index (χ3n) is 3.57. The summed E-state index contributed by atoms with van der Waals surface area (Å²) < 4.78 is 77.6. The minimum Gasteiger partial charge on any atom is -0.324 e. The van der Waals surface area contributed by atoms with Crippen LogP contribution in [-0.4, -0.2) is 20.5 Å². The number of nitrogens with one attached hydrogen (secondary N) is 1. The number of alkyl halides is 3. The van der Waals surface area contributed by atoms with Crippen molar-refractivity contribution < 1.29 is 26.0 Å². The zero-order chi connectivity index (χ0) is 17.2. The topological polar surface area (TPSA) is 72.2 Å². The second-order valence-corrected chi connectivity index (χ2v) is 6.77. The van der Waals surface area contributed by atoms with Crippen molar-refractivity contribution in [3.05, 3.63) is 29.6 Å². The molecule has 1 aromatic rings. The van der Waals surface area contributed by atoms with Crippen LogP contribution in [0.5, 0.6) is 0 Å². The van der Waals surface area contributed by atoms with Gasteiger partial charge in [0.1, 0.15) is 10.7 Å². The molecule has 1 rings (SSSR count). The van der Waals surface area contributed by atoms with E-state index in [1.165, 1.54) is 0 Å². The van der Waals surface area contributed by atoms with Crippen LogP contribution in [0.1, 0.15) is 32.3 Å². The molecule has 0 aliphatic rings. The molecule has 22 heavy (non-hydrogen) atoms. The highest BCUT2D eigenvalue weighted by Crippen LogP contribution is 2.31. The lowest BCUT2D eigenvalue weighted by atomic mass is 9.95. The van der Waals surface area contributed by atoms with Crippen molar-refractivity contribution >= 4 is 10.0 Å². The van der Waals surface area contributed by atoms with E-state index in [-0.39, 0.29) is 12.6 Å². The second kappa shape index (κ2) is 6.51. The molecule has 0 heterocycles. The molecule has 0 amide bonds. The Labute approximate surface area is 126 Å². The van der Waals surface area contributed by atoms with Gasteiger partial charge in [-0.15, -0.1) is 0 Å². The SMILES string of the molecule is CCC(N)(CC)CNS(=O)(=O)c1cc(C(F)(F)F)ccc1F. The molecular weight excluding hydrogens is 324 g/mol. The third kappa shape index (κ3) is 4.40. The normalized spacial score (nSPS) is 13.4. The van der Waals surface area contributed by atoms with Gasteiger partial charge in [-0.1, -0.05) is 13.8 Å². The predicted octanol–water partition coefficient (Wildman–Crippen LogP) is 2.64. The molecule has 126 valence electrons. The molecule has 0 aliphatic heterocycles. The van der Waals surface area contributed by atoms with Gasteiger partial charge in [0.15, 0.2) is 0 Å². The number of sulfonamides is 1. The first-order chi connectivity index (χ1) is 9.95. The highest BCUT2D eigenvalue weighted by molar-refractivity contribution is 7.89. The molecule has 1 aromatic carbocycles. The lowest BCUT2D eigenvalue weighted by Crippen LogP contribution is -2.49. The summed E-state index contributed by atoms with van der Waals surface area (Å²) in [7, 11) is -4.43. The van der Waals surface area contributed by atoms with E-state index in [0.717, 1.165) is 0 Å². The fourth-order valence-corrected chi connectivity index (χ4v) is 2.94. The van der Waals surface area contributed by atoms with Gasteiger partial charge in [0.25, 0.3) is 0 Å². The van der Waals surface area contributed by atoms with Gasteiger partial charge >= 0.3 is 6.18 Å². The predicted molar refractivity (Wildman–Crippen MR) is 74.1 cm³/mol. The van der Waals surface area contributed by atoms with Gasteiger partial charge in [-0.3, -0.25) is 0 Å². The van der Waals surface area contributed by atoms with E-state index >= 15 is 0 Å². The number of hydrogen-bond acceptors (Lipinski definition) is 3. The smallest absolute Gasteiger partial charge is 0.324 e. The van der Waals surface area contributed by atoms with Crippen LogP contribution in [0.4, 0.5) is 17.6 Å². The fourth-order valence-electron chi connectivity index (χ4n) is 1.70. The van der Waals surface area contributed by atoms with E-state index < -0.39 is 38.0 Å². The maximum Gasteiger partial charge on any atom is 0.416 e. The Balaban J connectivity index is 3.13. The van der Waals surface area contributed by atoms with Gasteiger partial charge in [0.2, 0.25) is 10.0 Å². The molecule has 0 fully saturated rings. The van der Waals surface area contributed by atoms with E-state index in [0.29, 0.717) is 25.0 Å². The minimum atomic E-state index is -4.76. The van der Waals surface area contributed by atoms with Crippen molar-refractivity contribution in [2.75, 3.05) is 6.54 Å². The van der Waals surface area contributed by atoms with Crippen molar-refractivity contribution in [2.45, 2.75) is 43.3 Å². The first-order valence-electron chi connectivity index (χ1n) is 6.60. The number of hydrogen-bond donors (Lipinski definition) is 2. The fraction of sp³-hybridized carbons (Fsp3) is 0.538. The van der Waals surface area contributed by atoms with E-state index in [1.54, 1.807) is 13.8 Å². The number of benzene rings is 1. The standard InChI is InChI=1S/C13H18F4N2O2S/c1-3-12(18,4-2)8-19-22(20,21)11-7-9(13(15,16)17)5-6-10(11)14/h5-7,19H,3-4,8,18H2,1-2H3. The zero-order valence-electron chi connectivity index (χ0n) is 12.2. The molecule has 0 spiro atoms. The van der Waals surface area contributed by atoms with Crippen LogP contribution < -0.4 is 10.5 Å². The van der Waals surface area contributed by atoms with E-state index in [9.17, 15) is 26.0 Å². The number of halogens is 4. The molecule has 9 heteroatoms. The van der Waals surface area contributed by atoms with Gasteiger partial charge in [0, 0.05) is 12.1 Å². The lowest BCUT2D eigenvalue weighted by molar-refractivity contribution is -0.137. The van der Waals surface area contributed by atoms with Crippen molar-refractivity contribution in [3.63, 3.8) is 0 Å². The molecule has 0 radical (unpaired) electrons. The summed E-state index contributed by atoms with van der Waals surface area (Å²) in [6, 6.07) is 1.24. The number of nitrogens with two attached hydrogens (primary N) is 1. The van der Waals surface area contributed by atoms with Crippen molar-refractivity contribution in [2.24, 2.45) is 5.73 Å². The average molecular weight is 342 g/mol. The third-order valence-corrected chi connectivity index (χ3v) is 4.99. The zero-order valence-corrected chi connectivity index (χ0v) is 13.0. The lowest BCUT2D eigenvalue weighted by Gasteiger charge is -2.26. The first kappa shape index (κ1) is 18.9. The van der Waals surface area contributed by atoms with E-state index in [1.807, 2.05) is 0 Å². The Hall–Kier alpha value is -1.19. The Morgan fingerprint density at radius 3 is 2.18 bits per heavy atom. The largest absolute Gasteiger partial charge is 0.416 e. The van der Waals surface area contributed by atoms with Crippen LogP contribution >= 0.6 is 0 Å². The summed E-state index contributed by atoms with van der Waals surface area (Å²) in [5, 5.41) is 0. The molecule has 0 aliphatic carbocycles. The monoisotopic (exact) mass is 342 g/mol. The molecule has 0 saturated heterocycles. The average Bonchev–Trinajstić information content (AvgIpc) is 2.44. The molecule has 0 atom stereocenters. The Morgan fingerprint density at radius 2 is 1.73 bits per heavy atom. The summed E-state index contributed by atoms with van der Waals surface area (Å²) in [6.45, 7) is 3.31. The molecular formula is C13H18F4N2O2S. The summed E-state index contributed by atoms with van der Waals surface area (Å²) in [5.41, 5.74) is 3.84. The molecule has 3 N–H and O–H groups in total. The summed E-state index contributed by atoms with van der Waals surface area (Å²) in [4.78, 5) is -1.04. The Morgan fingerprint density at radius 1 is 1.18 bits per heavy atom. The summed E-state index contributed by atoms with van der Waals surface area (Å²) in [6.07, 6.45) is -3.85. The van der Waals surface area contributed by atoms with Gasteiger partial charge in [-0.25, -0.2) is 17.5 Å². The Bertz CT molecular complexity index is 625. The molecule has 4 nitrogen and oxygen atoms in total. The highest BCUT2D eigenvalue weighted by Gasteiger charge is 2.33. The van der Waals surface area contributed by atoms with Crippen molar-refractivity contribution in [1.82, 2.24) is 4.72 Å². The van der Waals surface area contributed by atoms with Gasteiger partial charge in [-0.05, 0) is 31.0 Å². The van der Waals surface area contributed by atoms with Crippen LogP contribution in [0.15, 0.2) is 23.1 Å². The van der Waals surface area contributed by atoms with Crippen LogP contribution in [-0.2, 0) is 16.2 Å². The van der Waals surface area contributed by atoms with E-state index in [2.05, 4.69) is 4.72 Å². The summed E-state index contributed by atoms with van der Waals surface area (Å²) >= 11 is 0. The van der Waals surface area contributed by atoms with Crippen molar-refractivity contribution in [3.8, 4) is 0 Å². The van der Waals surface area contributed by atoms with E-state index in [4.69, 9.17) is 5.73 Å². The van der Waals surface area contributed by atoms with Crippen LogP contribution in [0.25, 0.3) is 0 Å². The molecule has 0 saturated carbocycles. The summed E-state index contributed by atoms with van der Waals surface area (Å²) in [5.74, 6) is -1.25. The maximum atomic E-state index is 13.6. The maximum absolute atomic E-state index is 13.6. The van der Waals surface area contributed by atoms with Gasteiger partial charge in [0.05, 0.1) is 5.56 Å². The van der Waals surface area contributed by atoms with Gasteiger partial charge < -0.3 is 5.73 Å². The van der Waals surface area contributed by atoms with Crippen LogP contribution in [0.3, 0.4) is 0 Å². The molecule has 0 bridgehead atoms. The van der Waals surface area contributed by atoms with Crippen LogP contribution in [0.2, 0.25) is 0 Å². The number of rotatable bonds is 6.